The molecule has 0 radical (unpaired) electrons. The van der Waals surface area contributed by atoms with Crippen molar-refractivity contribution < 1.29 is 1.43 Å². The lowest BCUT2D eigenvalue weighted by Crippen LogP contribution is -1.71. The van der Waals surface area contributed by atoms with E-state index in [-0.39, 0.29) is 1.43 Å². The molecule has 0 fully saturated rings. The minimum atomic E-state index is 0. The van der Waals surface area contributed by atoms with Gasteiger partial charge in [0.05, 0.1) is 6.20 Å². The van der Waals surface area contributed by atoms with Crippen LogP contribution in [0, 0.1) is 0 Å². The Hall–Kier alpha value is -1.38. The maximum Gasteiger partial charge on any atom is 0.155 e. The first-order chi connectivity index (χ1) is 5.88. The molecule has 0 unspecified atom stereocenters. The second-order valence-electron chi connectivity index (χ2n) is 2.52. The van der Waals surface area contributed by atoms with Crippen molar-refractivity contribution in [3.63, 3.8) is 0 Å². The molecule has 0 saturated heterocycles. The van der Waals surface area contributed by atoms with Gasteiger partial charge in [0.2, 0.25) is 0 Å². The Balaban J connectivity index is 0.000000324. The van der Waals surface area contributed by atoms with Gasteiger partial charge >= 0.3 is 0 Å². The lowest BCUT2D eigenvalue weighted by Gasteiger charge is -1.80. The van der Waals surface area contributed by atoms with E-state index in [0.717, 1.165) is 11.0 Å². The summed E-state index contributed by atoms with van der Waals surface area (Å²) in [6.07, 6.45) is 4.74. The molecular formula is C9H15N3. The summed E-state index contributed by atoms with van der Waals surface area (Å²) in [7, 11) is 0. The third-order valence-corrected chi connectivity index (χ3v) is 1.21. The SMILES string of the molecule is CCC.[HH].c1cnc2[nH]ncc2c1. The molecule has 66 valence electrons. The molecule has 2 heterocycles. The van der Waals surface area contributed by atoms with Gasteiger partial charge in [-0.05, 0) is 12.1 Å². The van der Waals surface area contributed by atoms with Crippen LogP contribution < -0.4 is 0 Å². The van der Waals surface area contributed by atoms with E-state index in [4.69, 9.17) is 0 Å². The standard InChI is InChI=1S/C6H5N3.C3H8.H2/c1-2-5-4-8-9-6(5)7-3-1;1-3-2;/h1-4H,(H,7,8,9);3H2,1-2H3;1H. The quantitative estimate of drug-likeness (QED) is 0.652. The number of hydrogen-bond donors (Lipinski definition) is 1. The van der Waals surface area contributed by atoms with E-state index < -0.39 is 0 Å². The number of aromatic amines is 1. The second-order valence-corrected chi connectivity index (χ2v) is 2.52. The van der Waals surface area contributed by atoms with Gasteiger partial charge in [0, 0.05) is 13.0 Å². The lowest BCUT2D eigenvalue weighted by molar-refractivity contribution is 1.09. The van der Waals surface area contributed by atoms with Crippen molar-refractivity contribution in [2.45, 2.75) is 20.3 Å². The maximum absolute atomic E-state index is 4.02. The highest BCUT2D eigenvalue weighted by molar-refractivity contribution is 5.72. The number of nitrogens with zero attached hydrogens (tertiary/aromatic N) is 2. The summed E-state index contributed by atoms with van der Waals surface area (Å²) in [5, 5.41) is 7.63. The van der Waals surface area contributed by atoms with Crippen molar-refractivity contribution in [3.05, 3.63) is 24.5 Å². The molecule has 2 aromatic rings. The summed E-state index contributed by atoms with van der Waals surface area (Å²) >= 11 is 0. The van der Waals surface area contributed by atoms with Gasteiger partial charge in [-0.15, -0.1) is 0 Å². The third-order valence-electron chi connectivity index (χ3n) is 1.21. The number of H-pyrrole nitrogens is 1. The number of aromatic nitrogens is 3. The topological polar surface area (TPSA) is 41.6 Å². The van der Waals surface area contributed by atoms with E-state index in [1.165, 1.54) is 6.42 Å². The zero-order valence-electron chi connectivity index (χ0n) is 7.41. The number of rotatable bonds is 0. The Morgan fingerprint density at radius 1 is 1.50 bits per heavy atom. The van der Waals surface area contributed by atoms with Crippen molar-refractivity contribution in [3.8, 4) is 0 Å². The molecule has 0 aliphatic heterocycles. The first-order valence-corrected chi connectivity index (χ1v) is 4.12. The van der Waals surface area contributed by atoms with Crippen molar-refractivity contribution in [1.82, 2.24) is 15.2 Å². The molecule has 0 aliphatic carbocycles. The van der Waals surface area contributed by atoms with Crippen molar-refractivity contribution in [1.29, 1.82) is 0 Å². The first kappa shape index (κ1) is 8.71. The molecule has 0 saturated carbocycles. The fourth-order valence-corrected chi connectivity index (χ4v) is 0.778. The molecule has 0 amide bonds. The van der Waals surface area contributed by atoms with E-state index in [2.05, 4.69) is 29.0 Å². The summed E-state index contributed by atoms with van der Waals surface area (Å²) in [5.41, 5.74) is 0.845. The van der Waals surface area contributed by atoms with Gasteiger partial charge < -0.3 is 0 Å². The van der Waals surface area contributed by atoms with Crippen LogP contribution >= 0.6 is 0 Å². The molecule has 2 aromatic heterocycles. The van der Waals surface area contributed by atoms with Crippen LogP contribution in [0.4, 0.5) is 0 Å². The van der Waals surface area contributed by atoms with Gasteiger partial charge in [-0.25, -0.2) is 4.98 Å². The predicted molar refractivity (Wildman–Crippen MR) is 52.0 cm³/mol. The molecule has 3 nitrogen and oxygen atoms in total. The highest BCUT2D eigenvalue weighted by atomic mass is 15.1. The maximum atomic E-state index is 4.02. The van der Waals surface area contributed by atoms with Crippen LogP contribution in [0.1, 0.15) is 21.7 Å². The monoisotopic (exact) mass is 165 g/mol. The summed E-state index contributed by atoms with van der Waals surface area (Å²) in [5.74, 6) is 0. The first-order valence-electron chi connectivity index (χ1n) is 4.12. The van der Waals surface area contributed by atoms with E-state index in [0.29, 0.717) is 0 Å². The second kappa shape index (κ2) is 4.49. The van der Waals surface area contributed by atoms with Crippen LogP contribution in [-0.2, 0) is 0 Å². The van der Waals surface area contributed by atoms with Crippen LogP contribution in [0.2, 0.25) is 0 Å². The van der Waals surface area contributed by atoms with E-state index >= 15 is 0 Å². The largest absolute Gasteiger partial charge is 0.261 e. The molecule has 2 rings (SSSR count). The zero-order chi connectivity index (χ0) is 8.81. The average molecular weight is 165 g/mol. The summed E-state index contributed by atoms with van der Waals surface area (Å²) in [6, 6.07) is 3.85. The third kappa shape index (κ3) is 2.05. The van der Waals surface area contributed by atoms with E-state index in [1.54, 1.807) is 12.4 Å². The molecule has 0 aliphatic rings. The molecule has 0 atom stereocenters. The Labute approximate surface area is 73.3 Å². The van der Waals surface area contributed by atoms with E-state index in [1.807, 2.05) is 12.1 Å². The molecule has 0 bridgehead atoms. The normalized spacial score (nSPS) is 9.17. The van der Waals surface area contributed by atoms with Crippen LogP contribution in [0.3, 0.4) is 0 Å². The highest BCUT2D eigenvalue weighted by Crippen LogP contribution is 2.03. The molecule has 12 heavy (non-hydrogen) atoms. The van der Waals surface area contributed by atoms with Crippen LogP contribution in [0.25, 0.3) is 11.0 Å². The number of hydrogen-bond acceptors (Lipinski definition) is 2. The van der Waals surface area contributed by atoms with E-state index in [9.17, 15) is 0 Å². The summed E-state index contributed by atoms with van der Waals surface area (Å²) in [6.45, 7) is 4.25. The van der Waals surface area contributed by atoms with Gasteiger partial charge in [0.25, 0.3) is 0 Å². The summed E-state index contributed by atoms with van der Waals surface area (Å²) in [4.78, 5) is 4.02. The zero-order valence-corrected chi connectivity index (χ0v) is 7.41. The smallest absolute Gasteiger partial charge is 0.155 e. The molecule has 0 spiro atoms. The number of pyridine rings is 1. The van der Waals surface area contributed by atoms with Gasteiger partial charge in [0.1, 0.15) is 0 Å². The highest BCUT2D eigenvalue weighted by Gasteiger charge is 1.89. The van der Waals surface area contributed by atoms with Gasteiger partial charge in [-0.2, -0.15) is 5.10 Å². The molecular weight excluding hydrogens is 150 g/mol. The fraction of sp³-hybridized carbons (Fsp3) is 0.333. The molecule has 3 heteroatoms. The fourth-order valence-electron chi connectivity index (χ4n) is 0.778. The Bertz CT molecular complexity index is 302. The molecule has 1 N–H and O–H groups in total. The predicted octanol–water partition coefficient (Wildman–Crippen LogP) is 2.62. The number of nitrogens with one attached hydrogen (secondary N) is 1. The van der Waals surface area contributed by atoms with Gasteiger partial charge in [0.15, 0.2) is 5.65 Å². The Morgan fingerprint density at radius 2 is 2.25 bits per heavy atom. The van der Waals surface area contributed by atoms with Crippen LogP contribution in [0.5, 0.6) is 0 Å². The lowest BCUT2D eigenvalue weighted by atomic mass is 10.4. The minimum Gasteiger partial charge on any atom is -0.261 e. The van der Waals surface area contributed by atoms with Crippen LogP contribution in [-0.4, -0.2) is 15.2 Å². The van der Waals surface area contributed by atoms with Crippen molar-refractivity contribution in [2.24, 2.45) is 0 Å². The van der Waals surface area contributed by atoms with Crippen molar-refractivity contribution >= 4 is 11.0 Å². The van der Waals surface area contributed by atoms with Gasteiger partial charge in [-0.3, -0.25) is 5.10 Å². The minimum absolute atomic E-state index is 0. The van der Waals surface area contributed by atoms with Crippen molar-refractivity contribution in [2.75, 3.05) is 0 Å². The van der Waals surface area contributed by atoms with Crippen LogP contribution in [0.15, 0.2) is 24.5 Å². The molecule has 0 aromatic carbocycles. The average Bonchev–Trinajstić information content (AvgIpc) is 2.52. The number of fused-ring (bicyclic) bond motifs is 1. The Kier molecular flexibility index (Phi) is 3.26. The summed E-state index contributed by atoms with van der Waals surface area (Å²) < 4.78 is 0. The van der Waals surface area contributed by atoms with Gasteiger partial charge in [-0.1, -0.05) is 20.3 Å². The Morgan fingerprint density at radius 3 is 2.92 bits per heavy atom.